The van der Waals surface area contributed by atoms with Gasteiger partial charge in [0, 0.05) is 32.4 Å². The monoisotopic (exact) mass is 475 g/mol. The van der Waals surface area contributed by atoms with Crippen molar-refractivity contribution in [3.63, 3.8) is 0 Å². The van der Waals surface area contributed by atoms with Crippen LogP contribution in [0.1, 0.15) is 68.8 Å². The van der Waals surface area contributed by atoms with Crippen molar-refractivity contribution in [1.82, 2.24) is 20.4 Å². The average molecular weight is 475 g/mol. The summed E-state index contributed by atoms with van der Waals surface area (Å²) in [6.07, 6.45) is 10.7. The molecule has 150 valence electrons. The first-order valence-corrected chi connectivity index (χ1v) is 9.97. The maximum Gasteiger partial charge on any atom is 0.191 e. The number of halogens is 1. The van der Waals surface area contributed by atoms with Crippen molar-refractivity contribution in [1.29, 1.82) is 0 Å². The Hall–Kier alpha value is -0.790. The van der Waals surface area contributed by atoms with E-state index < -0.39 is 0 Å². The van der Waals surface area contributed by atoms with Crippen molar-refractivity contribution < 1.29 is 0 Å². The molecule has 5 nitrogen and oxygen atoms in total. The van der Waals surface area contributed by atoms with Crippen LogP contribution in [0, 0.1) is 19.8 Å². The van der Waals surface area contributed by atoms with Crippen molar-refractivity contribution >= 4 is 29.9 Å². The quantitative estimate of drug-likeness (QED) is 0.383. The van der Waals surface area contributed by atoms with Crippen molar-refractivity contribution in [3.8, 4) is 0 Å². The summed E-state index contributed by atoms with van der Waals surface area (Å²) >= 11 is 0. The number of rotatable bonds is 5. The Morgan fingerprint density at radius 2 is 1.81 bits per heavy atom. The van der Waals surface area contributed by atoms with Gasteiger partial charge in [0.2, 0.25) is 0 Å². The lowest BCUT2D eigenvalue weighted by Crippen LogP contribution is -2.44. The topological polar surface area (TPSA) is 54.2 Å². The number of aromatic nitrogens is 2. The van der Waals surface area contributed by atoms with Crippen LogP contribution in [0.15, 0.2) is 4.99 Å². The van der Waals surface area contributed by atoms with E-state index in [4.69, 9.17) is 0 Å². The Labute approximate surface area is 176 Å². The van der Waals surface area contributed by atoms with Crippen LogP contribution in [0.2, 0.25) is 0 Å². The first-order valence-electron chi connectivity index (χ1n) is 9.97. The molecule has 1 aromatic heterocycles. The Bertz CT molecular complexity index is 559. The maximum atomic E-state index is 4.52. The lowest BCUT2D eigenvalue weighted by molar-refractivity contribution is 0.374. The molecule has 0 spiro atoms. The molecule has 0 amide bonds. The number of guanidine groups is 1. The average Bonchev–Trinajstić information content (AvgIpc) is 2.79. The van der Waals surface area contributed by atoms with Crippen molar-refractivity contribution in [2.75, 3.05) is 13.6 Å². The van der Waals surface area contributed by atoms with E-state index in [0.29, 0.717) is 6.04 Å². The van der Waals surface area contributed by atoms with Crippen molar-refractivity contribution in [2.45, 2.75) is 78.2 Å². The minimum Gasteiger partial charge on any atom is -0.356 e. The molecule has 2 N–H and O–H groups in total. The minimum absolute atomic E-state index is 0. The SMILES string of the molecule is CN=C(NCC1CCCCCCC1)NC(C)Cc1c(C)nn(C)c1C.I. The fourth-order valence-corrected chi connectivity index (χ4v) is 3.88. The molecular formula is C20H38IN5. The van der Waals surface area contributed by atoms with Crippen LogP contribution in [0.4, 0.5) is 0 Å². The Balaban J connectivity index is 0.00000338. The van der Waals surface area contributed by atoms with Gasteiger partial charge in [-0.15, -0.1) is 24.0 Å². The summed E-state index contributed by atoms with van der Waals surface area (Å²) < 4.78 is 1.97. The van der Waals surface area contributed by atoms with Gasteiger partial charge in [-0.1, -0.05) is 32.1 Å². The molecular weight excluding hydrogens is 437 g/mol. The van der Waals surface area contributed by atoms with Crippen molar-refractivity contribution in [3.05, 3.63) is 17.0 Å². The molecule has 0 saturated heterocycles. The molecule has 1 aliphatic carbocycles. The van der Waals surface area contributed by atoms with E-state index in [2.05, 4.69) is 41.5 Å². The van der Waals surface area contributed by atoms with E-state index in [0.717, 1.165) is 30.5 Å². The van der Waals surface area contributed by atoms with Crippen LogP contribution in [-0.4, -0.2) is 35.4 Å². The van der Waals surface area contributed by atoms with E-state index in [-0.39, 0.29) is 24.0 Å². The highest BCUT2D eigenvalue weighted by molar-refractivity contribution is 14.0. The fraction of sp³-hybridized carbons (Fsp3) is 0.800. The molecule has 2 rings (SSSR count). The highest BCUT2D eigenvalue weighted by atomic mass is 127. The lowest BCUT2D eigenvalue weighted by atomic mass is 9.91. The second-order valence-electron chi connectivity index (χ2n) is 7.69. The second kappa shape index (κ2) is 11.8. The zero-order chi connectivity index (χ0) is 18.2. The first kappa shape index (κ1) is 23.2. The highest BCUT2D eigenvalue weighted by Crippen LogP contribution is 2.21. The smallest absolute Gasteiger partial charge is 0.191 e. The molecule has 1 aromatic rings. The van der Waals surface area contributed by atoms with Crippen LogP contribution >= 0.6 is 24.0 Å². The summed E-state index contributed by atoms with van der Waals surface area (Å²) in [5, 5.41) is 11.6. The van der Waals surface area contributed by atoms with Gasteiger partial charge in [-0.25, -0.2) is 0 Å². The van der Waals surface area contributed by atoms with Gasteiger partial charge >= 0.3 is 0 Å². The normalized spacial score (nSPS) is 17.8. The standard InChI is InChI=1S/C20H37N5.HI/c1-15(13-19-16(2)24-25(5)17(19)3)23-20(21-4)22-14-18-11-9-7-6-8-10-12-18;/h15,18H,6-14H2,1-5H3,(H2,21,22,23);1H. The van der Waals surface area contributed by atoms with Gasteiger partial charge in [0.15, 0.2) is 5.96 Å². The van der Waals surface area contributed by atoms with E-state index in [1.54, 1.807) is 0 Å². The number of hydrogen-bond acceptors (Lipinski definition) is 2. The molecule has 1 aliphatic rings. The summed E-state index contributed by atoms with van der Waals surface area (Å²) in [4.78, 5) is 4.42. The summed E-state index contributed by atoms with van der Waals surface area (Å²) in [5.41, 5.74) is 3.73. The summed E-state index contributed by atoms with van der Waals surface area (Å²) in [6, 6.07) is 0.324. The molecule has 26 heavy (non-hydrogen) atoms. The summed E-state index contributed by atoms with van der Waals surface area (Å²) in [6.45, 7) is 7.49. The molecule has 1 fully saturated rings. The van der Waals surface area contributed by atoms with Gasteiger partial charge in [-0.3, -0.25) is 9.67 Å². The molecule has 1 heterocycles. The Morgan fingerprint density at radius 3 is 2.35 bits per heavy atom. The van der Waals surface area contributed by atoms with Gasteiger partial charge < -0.3 is 10.6 Å². The number of hydrogen-bond donors (Lipinski definition) is 2. The molecule has 0 radical (unpaired) electrons. The maximum absolute atomic E-state index is 4.52. The van der Waals surface area contributed by atoms with Gasteiger partial charge in [-0.2, -0.15) is 5.10 Å². The van der Waals surface area contributed by atoms with E-state index >= 15 is 0 Å². The number of nitrogens with zero attached hydrogens (tertiary/aromatic N) is 3. The predicted octanol–water partition coefficient (Wildman–Crippen LogP) is 4.11. The molecule has 0 bridgehead atoms. The molecule has 1 saturated carbocycles. The van der Waals surface area contributed by atoms with Crippen LogP contribution < -0.4 is 10.6 Å². The van der Waals surface area contributed by atoms with Crippen molar-refractivity contribution in [2.24, 2.45) is 18.0 Å². The second-order valence-corrected chi connectivity index (χ2v) is 7.69. The van der Waals surface area contributed by atoms with Crippen LogP contribution in [-0.2, 0) is 13.5 Å². The Kier molecular flexibility index (Phi) is 10.6. The number of nitrogens with one attached hydrogen (secondary N) is 2. The molecule has 6 heteroatoms. The fourth-order valence-electron chi connectivity index (χ4n) is 3.88. The van der Waals surface area contributed by atoms with Gasteiger partial charge in [0.05, 0.1) is 5.69 Å². The molecule has 1 unspecified atom stereocenters. The Morgan fingerprint density at radius 1 is 1.19 bits per heavy atom. The molecule has 0 aromatic carbocycles. The third-order valence-corrected chi connectivity index (χ3v) is 5.56. The lowest BCUT2D eigenvalue weighted by Gasteiger charge is -2.23. The van der Waals surface area contributed by atoms with Crippen LogP contribution in [0.5, 0.6) is 0 Å². The van der Waals surface area contributed by atoms with Gasteiger partial charge in [0.25, 0.3) is 0 Å². The molecule has 1 atom stereocenters. The van der Waals surface area contributed by atoms with E-state index in [1.807, 2.05) is 18.8 Å². The van der Waals surface area contributed by atoms with Gasteiger partial charge in [0.1, 0.15) is 0 Å². The highest BCUT2D eigenvalue weighted by Gasteiger charge is 2.15. The predicted molar refractivity (Wildman–Crippen MR) is 122 cm³/mol. The zero-order valence-electron chi connectivity index (χ0n) is 17.3. The van der Waals surface area contributed by atoms with Gasteiger partial charge in [-0.05, 0) is 51.5 Å². The first-order chi connectivity index (χ1) is 12.0. The third-order valence-electron chi connectivity index (χ3n) is 5.56. The molecule has 0 aliphatic heterocycles. The third kappa shape index (κ3) is 7.08. The zero-order valence-corrected chi connectivity index (χ0v) is 19.6. The number of aliphatic imine (C=N–C) groups is 1. The summed E-state index contributed by atoms with van der Waals surface area (Å²) in [5.74, 6) is 1.71. The largest absolute Gasteiger partial charge is 0.356 e. The van der Waals surface area contributed by atoms with E-state index in [9.17, 15) is 0 Å². The number of aryl methyl sites for hydroxylation is 2. The van der Waals surface area contributed by atoms with Crippen LogP contribution in [0.3, 0.4) is 0 Å². The van der Waals surface area contributed by atoms with Crippen LogP contribution in [0.25, 0.3) is 0 Å². The minimum atomic E-state index is 0. The summed E-state index contributed by atoms with van der Waals surface area (Å²) in [7, 11) is 3.88. The van der Waals surface area contributed by atoms with E-state index in [1.165, 1.54) is 56.2 Å².